The van der Waals surface area contributed by atoms with Crippen LogP contribution >= 0.6 is 0 Å². The summed E-state index contributed by atoms with van der Waals surface area (Å²) in [6, 6.07) is 0. The second kappa shape index (κ2) is 2.43. The van der Waals surface area contributed by atoms with Crippen molar-refractivity contribution in [3.05, 3.63) is 0 Å². The van der Waals surface area contributed by atoms with E-state index in [0.717, 1.165) is 6.92 Å². The minimum atomic E-state index is -2.76. The Morgan fingerprint density at radius 2 is 2.20 bits per heavy atom. The Hall–Kier alpha value is -0.220. The molecule has 2 atom stereocenters. The van der Waals surface area contributed by atoms with Crippen LogP contribution in [0.3, 0.4) is 0 Å². The predicted octanol–water partition coefficient (Wildman–Crippen LogP) is 1.40. The maximum atomic E-state index is 12.3. The molecule has 0 saturated carbocycles. The molecule has 1 aliphatic heterocycles. The zero-order valence-electron chi connectivity index (χ0n) is 5.93. The fraction of sp³-hybridized carbons (Fsp3) is 1.00. The Labute approximate surface area is 58.1 Å². The van der Waals surface area contributed by atoms with Gasteiger partial charge in [-0.2, -0.15) is 0 Å². The lowest BCUT2D eigenvalue weighted by atomic mass is 10.3. The average molecular weight is 152 g/mol. The Kier molecular flexibility index (Phi) is 1.92. The maximum absolute atomic E-state index is 12.3. The van der Waals surface area contributed by atoms with Crippen LogP contribution in [0.15, 0.2) is 0 Å². The van der Waals surface area contributed by atoms with Gasteiger partial charge >= 0.3 is 0 Å². The van der Waals surface area contributed by atoms with Crippen molar-refractivity contribution in [3.8, 4) is 0 Å². The maximum Gasteiger partial charge on any atom is 0.276 e. The fourth-order valence-electron chi connectivity index (χ4n) is 0.749. The zero-order valence-corrected chi connectivity index (χ0v) is 5.93. The zero-order chi connectivity index (χ0) is 7.78. The highest BCUT2D eigenvalue weighted by atomic mass is 19.3. The molecule has 1 aliphatic rings. The van der Waals surface area contributed by atoms with E-state index in [1.165, 1.54) is 0 Å². The Morgan fingerprint density at radius 1 is 1.60 bits per heavy atom. The molecular formula is C6H10F2O2. The predicted molar refractivity (Wildman–Crippen MR) is 30.9 cm³/mol. The van der Waals surface area contributed by atoms with Crippen LogP contribution in [0.2, 0.25) is 0 Å². The summed E-state index contributed by atoms with van der Waals surface area (Å²) < 4.78 is 33.9. The highest BCUT2D eigenvalue weighted by molar-refractivity contribution is 4.87. The summed E-state index contributed by atoms with van der Waals surface area (Å²) in [4.78, 5) is 0. The molecule has 0 aromatic rings. The second-order valence-corrected chi connectivity index (χ2v) is 2.34. The van der Waals surface area contributed by atoms with Gasteiger partial charge in [0, 0.05) is 13.5 Å². The summed E-state index contributed by atoms with van der Waals surface area (Å²) in [5.74, 6) is -2.76. The highest BCUT2D eigenvalue weighted by Crippen LogP contribution is 2.36. The van der Waals surface area contributed by atoms with Crippen LogP contribution in [-0.2, 0) is 9.47 Å². The van der Waals surface area contributed by atoms with E-state index >= 15 is 0 Å². The number of ether oxygens (including phenoxy) is 2. The van der Waals surface area contributed by atoms with E-state index in [1.807, 2.05) is 0 Å². The monoisotopic (exact) mass is 152 g/mol. The lowest BCUT2D eigenvalue weighted by molar-refractivity contribution is -0.00848. The van der Waals surface area contributed by atoms with Gasteiger partial charge in [0.05, 0.1) is 0 Å². The van der Waals surface area contributed by atoms with Gasteiger partial charge in [0.25, 0.3) is 5.92 Å². The molecule has 0 N–H and O–H groups in total. The van der Waals surface area contributed by atoms with E-state index in [-0.39, 0.29) is 0 Å². The molecule has 10 heavy (non-hydrogen) atoms. The van der Waals surface area contributed by atoms with Crippen LogP contribution in [0.1, 0.15) is 13.8 Å². The average Bonchev–Trinajstić information content (AvgIpc) is 2.44. The molecule has 0 bridgehead atoms. The van der Waals surface area contributed by atoms with E-state index in [4.69, 9.17) is 4.74 Å². The summed E-state index contributed by atoms with van der Waals surface area (Å²) in [6.07, 6.45) is -1.70. The lowest BCUT2D eigenvalue weighted by Gasteiger charge is -2.03. The largest absolute Gasteiger partial charge is 0.350 e. The van der Waals surface area contributed by atoms with Gasteiger partial charge < -0.3 is 9.47 Å². The first-order valence-electron chi connectivity index (χ1n) is 3.20. The third-order valence-corrected chi connectivity index (χ3v) is 1.28. The number of epoxide rings is 1. The van der Waals surface area contributed by atoms with Crippen molar-refractivity contribution < 1.29 is 18.3 Å². The first-order chi connectivity index (χ1) is 4.55. The summed E-state index contributed by atoms with van der Waals surface area (Å²) in [5.41, 5.74) is 0. The molecule has 1 heterocycles. The van der Waals surface area contributed by atoms with Crippen molar-refractivity contribution in [1.29, 1.82) is 0 Å². The summed E-state index contributed by atoms with van der Waals surface area (Å²) >= 11 is 0. The Balaban J connectivity index is 2.25. The summed E-state index contributed by atoms with van der Waals surface area (Å²) in [7, 11) is 0. The number of hydrogen-bond donors (Lipinski definition) is 0. The number of alkyl halides is 2. The van der Waals surface area contributed by atoms with E-state index in [1.54, 1.807) is 6.92 Å². The highest BCUT2D eigenvalue weighted by Gasteiger charge is 2.54. The Bertz CT molecular complexity index is 121. The number of hydrogen-bond acceptors (Lipinski definition) is 2. The number of rotatable bonds is 3. The molecule has 2 nitrogen and oxygen atoms in total. The van der Waals surface area contributed by atoms with Crippen LogP contribution < -0.4 is 0 Å². The topological polar surface area (TPSA) is 21.8 Å². The van der Waals surface area contributed by atoms with Crippen molar-refractivity contribution in [1.82, 2.24) is 0 Å². The molecule has 0 spiro atoms. The molecule has 0 amide bonds. The second-order valence-electron chi connectivity index (χ2n) is 2.34. The van der Waals surface area contributed by atoms with Gasteiger partial charge in [-0.15, -0.1) is 0 Å². The molecule has 0 aliphatic carbocycles. The minimum Gasteiger partial charge on any atom is -0.350 e. The molecule has 60 valence electrons. The molecule has 0 radical (unpaired) electrons. The molecule has 1 fully saturated rings. The van der Waals surface area contributed by atoms with Crippen LogP contribution in [0.4, 0.5) is 8.78 Å². The van der Waals surface area contributed by atoms with Crippen LogP contribution in [0.25, 0.3) is 0 Å². The van der Waals surface area contributed by atoms with E-state index in [0.29, 0.717) is 6.61 Å². The van der Waals surface area contributed by atoms with Crippen LogP contribution in [0, 0.1) is 0 Å². The van der Waals surface area contributed by atoms with Crippen LogP contribution in [-0.4, -0.2) is 24.9 Å². The number of halogens is 2. The van der Waals surface area contributed by atoms with Gasteiger partial charge in [-0.3, -0.25) is 0 Å². The molecule has 0 aromatic heterocycles. The molecule has 4 heteroatoms. The van der Waals surface area contributed by atoms with Crippen LogP contribution in [0.5, 0.6) is 0 Å². The molecule has 1 saturated heterocycles. The van der Waals surface area contributed by atoms with Gasteiger partial charge in [0.1, 0.15) is 0 Å². The fourth-order valence-corrected chi connectivity index (χ4v) is 0.749. The van der Waals surface area contributed by atoms with Crippen molar-refractivity contribution in [2.24, 2.45) is 0 Å². The van der Waals surface area contributed by atoms with Crippen molar-refractivity contribution in [3.63, 3.8) is 0 Å². The van der Waals surface area contributed by atoms with E-state index in [9.17, 15) is 8.78 Å². The van der Waals surface area contributed by atoms with E-state index in [2.05, 4.69) is 4.74 Å². The van der Waals surface area contributed by atoms with Crippen molar-refractivity contribution in [2.45, 2.75) is 32.2 Å². The van der Waals surface area contributed by atoms with Gasteiger partial charge in [-0.05, 0) is 6.92 Å². The van der Waals surface area contributed by atoms with Crippen molar-refractivity contribution in [2.75, 3.05) is 6.61 Å². The van der Waals surface area contributed by atoms with Gasteiger partial charge in [-0.1, -0.05) is 0 Å². The third kappa shape index (κ3) is 1.64. The molecule has 0 aromatic carbocycles. The van der Waals surface area contributed by atoms with Gasteiger partial charge in [0.15, 0.2) is 12.4 Å². The van der Waals surface area contributed by atoms with Crippen molar-refractivity contribution >= 4 is 0 Å². The Morgan fingerprint density at radius 3 is 2.50 bits per heavy atom. The molecule has 2 unspecified atom stereocenters. The van der Waals surface area contributed by atoms with Gasteiger partial charge in [-0.25, -0.2) is 8.78 Å². The smallest absolute Gasteiger partial charge is 0.276 e. The quantitative estimate of drug-likeness (QED) is 0.570. The third-order valence-electron chi connectivity index (χ3n) is 1.28. The van der Waals surface area contributed by atoms with Gasteiger partial charge in [0.2, 0.25) is 0 Å². The lowest BCUT2D eigenvalue weighted by Crippen LogP contribution is -2.21. The first-order valence-corrected chi connectivity index (χ1v) is 3.20. The molecular weight excluding hydrogens is 142 g/mol. The van der Waals surface area contributed by atoms with E-state index < -0.39 is 18.3 Å². The standard InChI is InChI=1S/C6H10F2O2/c1-3-9-5-4(10-5)6(2,7)8/h4-5H,3H2,1-2H3. The summed E-state index contributed by atoms with van der Waals surface area (Å²) in [5, 5.41) is 0. The first kappa shape index (κ1) is 7.88. The molecule has 1 rings (SSSR count). The summed E-state index contributed by atoms with van der Waals surface area (Å²) in [6.45, 7) is 2.99. The SMILES string of the molecule is CCOC1OC1C(C)(F)F. The minimum absolute atomic E-state index is 0.414. The normalized spacial score (nSPS) is 32.4.